The molecule has 1 aliphatic rings. The average Bonchev–Trinajstić information content (AvgIpc) is 3.24. The lowest BCUT2D eigenvalue weighted by atomic mass is 10.1. The predicted molar refractivity (Wildman–Crippen MR) is 102 cm³/mol. The molecule has 1 fully saturated rings. The van der Waals surface area contributed by atoms with Crippen molar-refractivity contribution in [1.29, 1.82) is 0 Å². The third kappa shape index (κ3) is 4.00. The van der Waals surface area contributed by atoms with Crippen molar-refractivity contribution < 1.29 is 17.6 Å². The van der Waals surface area contributed by atoms with Gasteiger partial charge < -0.3 is 5.32 Å². The standard InChI is InChI=1S/C17H18BrFN2O3S2/c1-11(12-4-2-5-13(19)10-12)20-17(22)14-6-3-9-21(14)26(23,24)16-8-7-15(18)25-16/h2,4-5,7-8,10-11,14H,3,6,9H2,1H3,(H,20,22). The lowest BCUT2D eigenvalue weighted by Gasteiger charge is -2.24. The molecule has 26 heavy (non-hydrogen) atoms. The predicted octanol–water partition coefficient (Wildman–Crippen LogP) is 3.68. The maximum atomic E-state index is 13.4. The van der Waals surface area contributed by atoms with E-state index in [1.807, 2.05) is 0 Å². The van der Waals surface area contributed by atoms with Gasteiger partial charge in [-0.1, -0.05) is 12.1 Å². The number of hydrogen-bond donors (Lipinski definition) is 1. The van der Waals surface area contributed by atoms with Crippen LogP contribution in [0, 0.1) is 5.82 Å². The van der Waals surface area contributed by atoms with E-state index in [-0.39, 0.29) is 15.9 Å². The molecule has 1 aromatic heterocycles. The van der Waals surface area contributed by atoms with Gasteiger partial charge in [0.2, 0.25) is 5.91 Å². The molecular weight excluding hydrogens is 443 g/mol. The molecule has 1 aliphatic heterocycles. The molecule has 5 nitrogen and oxygen atoms in total. The van der Waals surface area contributed by atoms with Gasteiger partial charge in [-0.15, -0.1) is 11.3 Å². The summed E-state index contributed by atoms with van der Waals surface area (Å²) in [6, 6.07) is 8.03. The van der Waals surface area contributed by atoms with E-state index in [1.54, 1.807) is 25.1 Å². The minimum absolute atomic E-state index is 0.210. The minimum Gasteiger partial charge on any atom is -0.348 e. The Balaban J connectivity index is 1.76. The number of halogens is 2. The SMILES string of the molecule is CC(NC(=O)C1CCCN1S(=O)(=O)c1ccc(Br)s1)c1cccc(F)c1. The van der Waals surface area contributed by atoms with Crippen LogP contribution in [-0.2, 0) is 14.8 Å². The second kappa shape index (κ2) is 7.75. The topological polar surface area (TPSA) is 66.5 Å². The fourth-order valence-corrected chi connectivity index (χ4v) is 6.81. The van der Waals surface area contributed by atoms with Crippen LogP contribution in [0.25, 0.3) is 0 Å². The van der Waals surface area contributed by atoms with Crippen LogP contribution in [0.4, 0.5) is 4.39 Å². The van der Waals surface area contributed by atoms with Gasteiger partial charge in [0.25, 0.3) is 10.0 Å². The first-order valence-corrected chi connectivity index (χ1v) is 11.2. The molecule has 0 bridgehead atoms. The quantitative estimate of drug-likeness (QED) is 0.739. The van der Waals surface area contributed by atoms with Crippen LogP contribution >= 0.6 is 27.3 Å². The monoisotopic (exact) mass is 460 g/mol. The number of rotatable bonds is 5. The highest BCUT2D eigenvalue weighted by Crippen LogP contribution is 2.32. The Morgan fingerprint density at radius 3 is 2.81 bits per heavy atom. The molecule has 3 rings (SSSR count). The van der Waals surface area contributed by atoms with Crippen LogP contribution in [0.1, 0.15) is 31.4 Å². The minimum atomic E-state index is -3.72. The van der Waals surface area contributed by atoms with Gasteiger partial charge in [0.15, 0.2) is 0 Å². The summed E-state index contributed by atoms with van der Waals surface area (Å²) in [5.41, 5.74) is 0.632. The van der Waals surface area contributed by atoms with Crippen LogP contribution in [-0.4, -0.2) is 31.2 Å². The van der Waals surface area contributed by atoms with Crippen LogP contribution in [0.15, 0.2) is 44.4 Å². The number of carbonyl (C=O) groups is 1. The molecule has 1 amide bonds. The van der Waals surface area contributed by atoms with E-state index in [0.717, 1.165) is 15.1 Å². The molecular formula is C17H18BrFN2O3S2. The largest absolute Gasteiger partial charge is 0.348 e. The van der Waals surface area contributed by atoms with Crippen molar-refractivity contribution in [2.24, 2.45) is 0 Å². The Morgan fingerprint density at radius 1 is 1.38 bits per heavy atom. The lowest BCUT2D eigenvalue weighted by molar-refractivity contribution is -0.124. The highest BCUT2D eigenvalue weighted by Gasteiger charge is 2.40. The fourth-order valence-electron chi connectivity index (χ4n) is 3.01. The molecule has 0 radical (unpaired) electrons. The van der Waals surface area contributed by atoms with Gasteiger partial charge in [0.1, 0.15) is 16.1 Å². The fraction of sp³-hybridized carbons (Fsp3) is 0.353. The summed E-state index contributed by atoms with van der Waals surface area (Å²) in [7, 11) is -3.72. The van der Waals surface area contributed by atoms with Crippen LogP contribution < -0.4 is 5.32 Å². The molecule has 140 valence electrons. The molecule has 9 heteroatoms. The van der Waals surface area contributed by atoms with Gasteiger partial charge in [0.05, 0.1) is 9.83 Å². The van der Waals surface area contributed by atoms with Crippen molar-refractivity contribution in [3.8, 4) is 0 Å². The molecule has 2 unspecified atom stereocenters. The molecule has 1 N–H and O–H groups in total. The maximum absolute atomic E-state index is 13.4. The Morgan fingerprint density at radius 2 is 2.15 bits per heavy atom. The normalized spacial score (nSPS) is 19.4. The van der Waals surface area contributed by atoms with E-state index in [9.17, 15) is 17.6 Å². The van der Waals surface area contributed by atoms with E-state index in [2.05, 4.69) is 21.2 Å². The maximum Gasteiger partial charge on any atom is 0.253 e. The van der Waals surface area contributed by atoms with Crippen molar-refractivity contribution in [2.75, 3.05) is 6.54 Å². The van der Waals surface area contributed by atoms with Crippen LogP contribution in [0.5, 0.6) is 0 Å². The number of benzene rings is 1. The molecule has 2 heterocycles. The van der Waals surface area contributed by atoms with E-state index >= 15 is 0 Å². The second-order valence-corrected chi connectivity index (χ2v) is 10.7. The van der Waals surface area contributed by atoms with Crippen molar-refractivity contribution in [1.82, 2.24) is 9.62 Å². The Hall–Kier alpha value is -1.29. The van der Waals surface area contributed by atoms with Crippen LogP contribution in [0.2, 0.25) is 0 Å². The molecule has 0 aliphatic carbocycles. The molecule has 2 aromatic rings. The molecule has 0 saturated carbocycles. The van der Waals surface area contributed by atoms with Crippen molar-refractivity contribution in [3.63, 3.8) is 0 Å². The van der Waals surface area contributed by atoms with Gasteiger partial charge >= 0.3 is 0 Å². The third-order valence-corrected chi connectivity index (χ3v) is 8.32. The summed E-state index contributed by atoms with van der Waals surface area (Å²) < 4.78 is 41.3. The third-order valence-electron chi connectivity index (χ3n) is 4.33. The van der Waals surface area contributed by atoms with E-state index < -0.39 is 22.1 Å². The first-order valence-electron chi connectivity index (χ1n) is 8.12. The van der Waals surface area contributed by atoms with Gasteiger partial charge in [-0.05, 0) is 65.5 Å². The Kier molecular flexibility index (Phi) is 5.81. The van der Waals surface area contributed by atoms with Crippen LogP contribution in [0.3, 0.4) is 0 Å². The summed E-state index contributed by atoms with van der Waals surface area (Å²) in [5.74, 6) is -0.740. The number of sulfonamides is 1. The van der Waals surface area contributed by atoms with Crippen molar-refractivity contribution in [3.05, 3.63) is 51.6 Å². The number of amides is 1. The van der Waals surface area contributed by atoms with E-state index in [4.69, 9.17) is 0 Å². The number of thiophene rings is 1. The van der Waals surface area contributed by atoms with E-state index in [0.29, 0.717) is 24.9 Å². The molecule has 0 spiro atoms. The summed E-state index contributed by atoms with van der Waals surface area (Å²) in [5, 5.41) is 2.81. The van der Waals surface area contributed by atoms with Crippen molar-refractivity contribution in [2.45, 2.75) is 36.1 Å². The zero-order chi connectivity index (χ0) is 18.9. The zero-order valence-corrected chi connectivity index (χ0v) is 17.2. The van der Waals surface area contributed by atoms with Gasteiger partial charge in [-0.3, -0.25) is 4.79 Å². The molecule has 1 saturated heterocycles. The van der Waals surface area contributed by atoms with Gasteiger partial charge in [-0.25, -0.2) is 12.8 Å². The molecule has 1 aromatic carbocycles. The Bertz CT molecular complexity index is 916. The number of hydrogen-bond acceptors (Lipinski definition) is 4. The van der Waals surface area contributed by atoms with Gasteiger partial charge in [-0.2, -0.15) is 4.31 Å². The van der Waals surface area contributed by atoms with Crippen molar-refractivity contribution >= 4 is 43.2 Å². The first-order chi connectivity index (χ1) is 12.3. The second-order valence-electron chi connectivity index (χ2n) is 6.12. The number of carbonyl (C=O) groups excluding carboxylic acids is 1. The highest BCUT2D eigenvalue weighted by atomic mass is 79.9. The highest BCUT2D eigenvalue weighted by molar-refractivity contribution is 9.11. The average molecular weight is 461 g/mol. The summed E-state index contributed by atoms with van der Waals surface area (Å²) in [6.07, 6.45) is 1.09. The molecule has 2 atom stereocenters. The number of nitrogens with zero attached hydrogens (tertiary/aromatic N) is 1. The zero-order valence-electron chi connectivity index (χ0n) is 14.0. The number of nitrogens with one attached hydrogen (secondary N) is 1. The smallest absolute Gasteiger partial charge is 0.253 e. The summed E-state index contributed by atoms with van der Waals surface area (Å²) in [6.45, 7) is 2.06. The summed E-state index contributed by atoms with van der Waals surface area (Å²) >= 11 is 4.39. The lowest BCUT2D eigenvalue weighted by Crippen LogP contribution is -2.46. The summed E-state index contributed by atoms with van der Waals surface area (Å²) in [4.78, 5) is 12.7. The Labute approximate surface area is 164 Å². The van der Waals surface area contributed by atoms with Gasteiger partial charge in [0, 0.05) is 6.54 Å². The first kappa shape index (κ1) is 19.5. The van der Waals surface area contributed by atoms with E-state index in [1.165, 1.54) is 22.5 Å².